The summed E-state index contributed by atoms with van der Waals surface area (Å²) < 4.78 is 0. The summed E-state index contributed by atoms with van der Waals surface area (Å²) in [4.78, 5) is 10.9. The molecule has 1 aliphatic heterocycles. The van der Waals surface area contributed by atoms with Crippen LogP contribution < -0.4 is 10.6 Å². The lowest BCUT2D eigenvalue weighted by Gasteiger charge is -2.12. The van der Waals surface area contributed by atoms with Crippen LogP contribution in [0, 0.1) is 5.41 Å². The predicted octanol–water partition coefficient (Wildman–Crippen LogP) is 0.653. The average Bonchev–Trinajstić information content (AvgIpc) is 2.45. The van der Waals surface area contributed by atoms with E-state index in [-0.39, 0.29) is 5.91 Å². The van der Waals surface area contributed by atoms with Crippen LogP contribution in [-0.4, -0.2) is 24.5 Å². The van der Waals surface area contributed by atoms with Crippen molar-refractivity contribution in [2.24, 2.45) is 5.41 Å². The van der Waals surface area contributed by atoms with Crippen LogP contribution in [0.4, 0.5) is 0 Å². The van der Waals surface area contributed by atoms with E-state index in [1.165, 1.54) is 6.42 Å². The quantitative estimate of drug-likeness (QED) is 0.673. The fourth-order valence-corrected chi connectivity index (χ4v) is 1.93. The highest BCUT2D eigenvalue weighted by atomic mass is 16.1. The molecule has 1 amide bonds. The number of rotatable bonds is 3. The molecule has 13 heavy (non-hydrogen) atoms. The highest BCUT2D eigenvalue weighted by Gasteiger charge is 2.45. The number of hydrogen-bond donors (Lipinski definition) is 2. The maximum absolute atomic E-state index is 10.9. The van der Waals surface area contributed by atoms with Gasteiger partial charge in [-0.2, -0.15) is 0 Å². The van der Waals surface area contributed by atoms with Crippen LogP contribution in [0.15, 0.2) is 0 Å². The number of carbonyl (C=O) groups is 1. The summed E-state index contributed by atoms with van der Waals surface area (Å²) in [6.07, 6.45) is 2.98. The summed E-state index contributed by atoms with van der Waals surface area (Å²) in [5.41, 5.74) is 0.489. The van der Waals surface area contributed by atoms with Gasteiger partial charge in [0.15, 0.2) is 0 Å². The van der Waals surface area contributed by atoms with Crippen LogP contribution in [0.3, 0.4) is 0 Å². The van der Waals surface area contributed by atoms with E-state index >= 15 is 0 Å². The summed E-state index contributed by atoms with van der Waals surface area (Å²) in [6, 6.07) is 1.05. The Morgan fingerprint density at radius 1 is 1.62 bits per heavy atom. The Morgan fingerprint density at radius 3 is 2.77 bits per heavy atom. The summed E-state index contributed by atoms with van der Waals surface area (Å²) >= 11 is 0. The Kier molecular flexibility index (Phi) is 2.06. The summed E-state index contributed by atoms with van der Waals surface area (Å²) in [7, 11) is 0. The summed E-state index contributed by atoms with van der Waals surface area (Å²) in [6.45, 7) is 5.50. The molecule has 0 spiro atoms. The minimum Gasteiger partial charge on any atom is -0.352 e. The van der Waals surface area contributed by atoms with Gasteiger partial charge in [-0.3, -0.25) is 4.79 Å². The van der Waals surface area contributed by atoms with E-state index in [4.69, 9.17) is 0 Å². The molecule has 1 heterocycles. The van der Waals surface area contributed by atoms with Gasteiger partial charge < -0.3 is 10.6 Å². The first kappa shape index (κ1) is 9.00. The number of amides is 1. The SMILES string of the molecule is CC1(C)CC1NCC1CCC(=O)N1. The molecule has 2 rings (SSSR count). The number of carbonyl (C=O) groups excluding carboxylic acids is 1. The molecule has 2 aliphatic rings. The molecular weight excluding hydrogens is 164 g/mol. The van der Waals surface area contributed by atoms with Crippen LogP contribution in [0.5, 0.6) is 0 Å². The lowest BCUT2D eigenvalue weighted by molar-refractivity contribution is -0.119. The molecule has 3 heteroatoms. The van der Waals surface area contributed by atoms with E-state index in [2.05, 4.69) is 24.5 Å². The van der Waals surface area contributed by atoms with E-state index < -0.39 is 0 Å². The van der Waals surface area contributed by atoms with Crippen LogP contribution in [-0.2, 0) is 4.79 Å². The van der Waals surface area contributed by atoms with Crippen molar-refractivity contribution in [1.29, 1.82) is 0 Å². The number of nitrogens with one attached hydrogen (secondary N) is 2. The minimum atomic E-state index is 0.210. The van der Waals surface area contributed by atoms with Crippen molar-refractivity contribution in [3.8, 4) is 0 Å². The molecular formula is C10H18N2O. The lowest BCUT2D eigenvalue weighted by Crippen LogP contribution is -2.37. The maximum atomic E-state index is 10.9. The molecule has 2 unspecified atom stereocenters. The fraction of sp³-hybridized carbons (Fsp3) is 0.900. The van der Waals surface area contributed by atoms with Crippen LogP contribution >= 0.6 is 0 Å². The molecule has 1 saturated carbocycles. The first-order valence-electron chi connectivity index (χ1n) is 5.11. The van der Waals surface area contributed by atoms with Gasteiger partial charge >= 0.3 is 0 Å². The molecule has 1 saturated heterocycles. The molecule has 2 N–H and O–H groups in total. The van der Waals surface area contributed by atoms with Crippen LogP contribution in [0.1, 0.15) is 33.1 Å². The van der Waals surface area contributed by atoms with Crippen molar-refractivity contribution in [3.05, 3.63) is 0 Å². The van der Waals surface area contributed by atoms with Crippen molar-refractivity contribution >= 4 is 5.91 Å². The first-order chi connectivity index (χ1) is 6.08. The van der Waals surface area contributed by atoms with Gasteiger partial charge in [0, 0.05) is 25.0 Å². The largest absolute Gasteiger partial charge is 0.352 e. The van der Waals surface area contributed by atoms with E-state index in [0.717, 1.165) is 13.0 Å². The number of hydrogen-bond acceptors (Lipinski definition) is 2. The molecule has 0 radical (unpaired) electrons. The van der Waals surface area contributed by atoms with Gasteiger partial charge in [0.25, 0.3) is 0 Å². The topological polar surface area (TPSA) is 41.1 Å². The highest BCUT2D eigenvalue weighted by Crippen LogP contribution is 2.44. The second-order valence-electron chi connectivity index (χ2n) is 4.96. The summed E-state index contributed by atoms with van der Waals surface area (Å²) in [5.74, 6) is 0.210. The maximum Gasteiger partial charge on any atom is 0.220 e. The van der Waals surface area contributed by atoms with Gasteiger partial charge in [-0.1, -0.05) is 13.8 Å². The molecule has 74 valence electrons. The van der Waals surface area contributed by atoms with Crippen molar-refractivity contribution in [2.45, 2.75) is 45.2 Å². The standard InChI is InChI=1S/C10H18N2O/c1-10(2)5-8(10)11-6-7-3-4-9(13)12-7/h7-8,11H,3-6H2,1-2H3,(H,12,13). The second kappa shape index (κ2) is 2.98. The van der Waals surface area contributed by atoms with Crippen molar-refractivity contribution in [1.82, 2.24) is 10.6 Å². The molecule has 0 aromatic heterocycles. The van der Waals surface area contributed by atoms with E-state index in [9.17, 15) is 4.79 Å². The smallest absolute Gasteiger partial charge is 0.220 e. The third kappa shape index (κ3) is 2.02. The molecule has 2 atom stereocenters. The molecule has 1 aliphatic carbocycles. The van der Waals surface area contributed by atoms with Crippen LogP contribution in [0.25, 0.3) is 0 Å². The van der Waals surface area contributed by atoms with Crippen molar-refractivity contribution in [3.63, 3.8) is 0 Å². The Balaban J connectivity index is 1.67. The normalized spacial score (nSPS) is 36.0. The highest BCUT2D eigenvalue weighted by molar-refractivity contribution is 5.78. The van der Waals surface area contributed by atoms with Crippen molar-refractivity contribution in [2.75, 3.05) is 6.54 Å². The van der Waals surface area contributed by atoms with Gasteiger partial charge in [-0.25, -0.2) is 0 Å². The molecule has 0 bridgehead atoms. The van der Waals surface area contributed by atoms with Crippen LogP contribution in [0.2, 0.25) is 0 Å². The van der Waals surface area contributed by atoms with Gasteiger partial charge in [0.1, 0.15) is 0 Å². The van der Waals surface area contributed by atoms with E-state index in [0.29, 0.717) is 23.9 Å². The monoisotopic (exact) mass is 182 g/mol. The zero-order chi connectivity index (χ0) is 9.47. The molecule has 3 nitrogen and oxygen atoms in total. The average molecular weight is 182 g/mol. The van der Waals surface area contributed by atoms with E-state index in [1.807, 2.05) is 0 Å². The third-order valence-electron chi connectivity index (χ3n) is 3.21. The van der Waals surface area contributed by atoms with Gasteiger partial charge in [0.2, 0.25) is 5.91 Å². The van der Waals surface area contributed by atoms with Gasteiger partial charge in [0.05, 0.1) is 0 Å². The molecule has 0 aromatic rings. The molecule has 0 aromatic carbocycles. The Labute approximate surface area is 79.3 Å². The lowest BCUT2D eigenvalue weighted by atomic mass is 10.2. The first-order valence-corrected chi connectivity index (χ1v) is 5.11. The fourth-order valence-electron chi connectivity index (χ4n) is 1.93. The minimum absolute atomic E-state index is 0.210. The predicted molar refractivity (Wildman–Crippen MR) is 51.4 cm³/mol. The van der Waals surface area contributed by atoms with E-state index in [1.54, 1.807) is 0 Å². The Morgan fingerprint density at radius 2 is 2.31 bits per heavy atom. The van der Waals surface area contributed by atoms with Crippen molar-refractivity contribution < 1.29 is 4.79 Å². The summed E-state index contributed by atoms with van der Waals surface area (Å²) in [5, 5.41) is 6.46. The third-order valence-corrected chi connectivity index (χ3v) is 3.21. The van der Waals surface area contributed by atoms with Gasteiger partial charge in [-0.15, -0.1) is 0 Å². The van der Waals surface area contributed by atoms with Gasteiger partial charge in [-0.05, 0) is 18.3 Å². The second-order valence-corrected chi connectivity index (χ2v) is 4.96. The zero-order valence-electron chi connectivity index (χ0n) is 8.39. The molecule has 2 fully saturated rings. The Bertz CT molecular complexity index is 225. The Hall–Kier alpha value is -0.570. The zero-order valence-corrected chi connectivity index (χ0v) is 8.39.